The summed E-state index contributed by atoms with van der Waals surface area (Å²) in [5.74, 6) is -0.458. The predicted molar refractivity (Wildman–Crippen MR) is 138 cm³/mol. The molecule has 37 heavy (non-hydrogen) atoms. The van der Waals surface area contributed by atoms with Crippen molar-refractivity contribution < 1.29 is 23.8 Å². The van der Waals surface area contributed by atoms with Crippen molar-refractivity contribution >= 4 is 29.1 Å². The average molecular weight is 522 g/mol. The number of nitrogens with one attached hydrogen (secondary N) is 1. The van der Waals surface area contributed by atoms with Crippen LogP contribution in [0.2, 0.25) is 0 Å². The van der Waals surface area contributed by atoms with Gasteiger partial charge in [-0.25, -0.2) is 9.37 Å². The van der Waals surface area contributed by atoms with Crippen LogP contribution in [0.3, 0.4) is 0 Å². The molecule has 0 spiro atoms. The number of pyridine rings is 2. The van der Waals surface area contributed by atoms with Gasteiger partial charge in [0.15, 0.2) is 17.9 Å². The summed E-state index contributed by atoms with van der Waals surface area (Å²) < 4.78 is 30.0. The maximum atomic E-state index is 14.7. The van der Waals surface area contributed by atoms with Crippen molar-refractivity contribution in [3.05, 3.63) is 87.0 Å². The molecule has 1 aliphatic heterocycles. The summed E-state index contributed by atoms with van der Waals surface area (Å²) in [6.07, 6.45) is -1.12. The smallest absolute Gasteiger partial charge is 0.257 e. The molecule has 5 rings (SSSR count). The normalized spacial score (nSPS) is 12.9. The van der Waals surface area contributed by atoms with Crippen molar-refractivity contribution in [3.63, 3.8) is 0 Å². The second-order valence-electron chi connectivity index (χ2n) is 8.53. The molecule has 0 saturated heterocycles. The number of hydrogen-bond donors (Lipinski definition) is 2. The maximum Gasteiger partial charge on any atom is 0.257 e. The van der Waals surface area contributed by atoms with Crippen LogP contribution in [-0.2, 0) is 29.2 Å². The van der Waals surface area contributed by atoms with Gasteiger partial charge >= 0.3 is 0 Å². The fraction of sp³-hybridized carbons (Fsp3) is 0.222. The number of carbonyl (C=O) groups is 1. The molecular weight excluding hydrogens is 497 g/mol. The van der Waals surface area contributed by atoms with Gasteiger partial charge in [-0.05, 0) is 41.8 Å². The van der Waals surface area contributed by atoms with E-state index in [-0.39, 0.29) is 35.6 Å². The summed E-state index contributed by atoms with van der Waals surface area (Å²) in [7, 11) is 2.84. The molecule has 0 radical (unpaired) electrons. The SMILES string of the molecule is COCc1c(C(O)C=O)cc2n(c1=O)Cc1c-2nc2cc(F)c(OC)cc2c1CNSc1ccccc1. The van der Waals surface area contributed by atoms with Crippen LogP contribution < -0.4 is 15.0 Å². The summed E-state index contributed by atoms with van der Waals surface area (Å²) in [6, 6.07) is 14.3. The number of aliphatic hydroxyl groups is 1. The average Bonchev–Trinajstić information content (AvgIpc) is 3.28. The molecule has 4 aromatic rings. The van der Waals surface area contributed by atoms with Gasteiger partial charge in [-0.2, -0.15) is 0 Å². The molecule has 2 aromatic carbocycles. The van der Waals surface area contributed by atoms with E-state index < -0.39 is 11.9 Å². The van der Waals surface area contributed by atoms with Gasteiger partial charge in [0.2, 0.25) is 0 Å². The first-order valence-electron chi connectivity index (χ1n) is 11.5. The fourth-order valence-electron chi connectivity index (χ4n) is 4.64. The van der Waals surface area contributed by atoms with E-state index in [1.165, 1.54) is 32.2 Å². The molecule has 3 heterocycles. The standard InChI is InChI=1S/C27H24FN3O5S/c1-35-14-20-17(24(33)13-32)8-23-26-19(12-31(23)27(20)34)18(11-29-37-15-6-4-3-5-7-15)16-9-25(36-2)21(28)10-22(16)30-26/h3-10,13,24,29,33H,11-12,14H2,1-2H3. The van der Waals surface area contributed by atoms with Crippen LogP contribution in [-0.4, -0.2) is 35.2 Å². The van der Waals surface area contributed by atoms with Crippen molar-refractivity contribution in [2.75, 3.05) is 14.2 Å². The zero-order chi connectivity index (χ0) is 26.1. The minimum atomic E-state index is -1.49. The van der Waals surface area contributed by atoms with Crippen molar-refractivity contribution in [2.45, 2.75) is 30.7 Å². The number of halogens is 1. The number of aliphatic hydroxyl groups excluding tert-OH is 1. The Bertz CT molecular complexity index is 1560. The molecule has 0 bridgehead atoms. The monoisotopic (exact) mass is 521 g/mol. The molecule has 0 saturated carbocycles. The first-order valence-corrected chi connectivity index (χ1v) is 12.3. The first kappa shape index (κ1) is 25.1. The lowest BCUT2D eigenvalue weighted by Crippen LogP contribution is -2.26. The van der Waals surface area contributed by atoms with Crippen molar-refractivity contribution in [3.8, 4) is 17.1 Å². The molecule has 0 aliphatic carbocycles. The third kappa shape index (κ3) is 4.53. The predicted octanol–water partition coefficient (Wildman–Crippen LogP) is 3.75. The quantitative estimate of drug-likeness (QED) is 0.223. The second kappa shape index (κ2) is 10.4. The summed E-state index contributed by atoms with van der Waals surface area (Å²) in [4.78, 5) is 30.6. The topological polar surface area (TPSA) is 103 Å². The molecule has 190 valence electrons. The Morgan fingerprint density at radius 1 is 1.22 bits per heavy atom. The lowest BCUT2D eigenvalue weighted by atomic mass is 9.99. The highest BCUT2D eigenvalue weighted by Crippen LogP contribution is 2.38. The number of methoxy groups -OCH3 is 2. The van der Waals surface area contributed by atoms with E-state index in [0.29, 0.717) is 35.1 Å². The van der Waals surface area contributed by atoms with Gasteiger partial charge in [-0.1, -0.05) is 18.2 Å². The number of nitrogens with zero attached hydrogens (tertiary/aromatic N) is 2. The number of fused-ring (bicyclic) bond motifs is 4. The third-order valence-electron chi connectivity index (χ3n) is 6.39. The van der Waals surface area contributed by atoms with E-state index in [2.05, 4.69) is 4.72 Å². The Kier molecular flexibility index (Phi) is 7.07. The van der Waals surface area contributed by atoms with Crippen LogP contribution in [0, 0.1) is 5.82 Å². The van der Waals surface area contributed by atoms with E-state index in [0.717, 1.165) is 16.0 Å². The van der Waals surface area contributed by atoms with Gasteiger partial charge in [0.25, 0.3) is 5.56 Å². The highest BCUT2D eigenvalue weighted by Gasteiger charge is 2.30. The third-order valence-corrected chi connectivity index (χ3v) is 7.19. The number of ether oxygens (including phenoxy) is 2. The molecule has 0 amide bonds. The molecule has 8 nitrogen and oxygen atoms in total. The Morgan fingerprint density at radius 2 is 2.00 bits per heavy atom. The van der Waals surface area contributed by atoms with Gasteiger partial charge in [-0.3, -0.25) is 9.52 Å². The molecule has 2 N–H and O–H groups in total. The zero-order valence-electron chi connectivity index (χ0n) is 20.2. The maximum absolute atomic E-state index is 14.7. The van der Waals surface area contributed by atoms with Crippen LogP contribution >= 0.6 is 11.9 Å². The van der Waals surface area contributed by atoms with E-state index in [9.17, 15) is 19.1 Å². The molecule has 1 aliphatic rings. The highest BCUT2D eigenvalue weighted by atomic mass is 32.2. The highest BCUT2D eigenvalue weighted by molar-refractivity contribution is 7.97. The Labute approximate surface area is 216 Å². The summed E-state index contributed by atoms with van der Waals surface area (Å²) in [6.45, 7) is 0.566. The molecule has 2 aromatic heterocycles. The van der Waals surface area contributed by atoms with Gasteiger partial charge in [-0.15, -0.1) is 0 Å². The lowest BCUT2D eigenvalue weighted by Gasteiger charge is -2.14. The van der Waals surface area contributed by atoms with Crippen LogP contribution in [0.25, 0.3) is 22.3 Å². The van der Waals surface area contributed by atoms with E-state index in [4.69, 9.17) is 14.5 Å². The number of aldehydes is 1. The van der Waals surface area contributed by atoms with E-state index >= 15 is 0 Å². The van der Waals surface area contributed by atoms with Crippen LogP contribution in [0.15, 0.2) is 58.2 Å². The van der Waals surface area contributed by atoms with Crippen molar-refractivity contribution in [1.29, 1.82) is 0 Å². The largest absolute Gasteiger partial charge is 0.494 e. The Morgan fingerprint density at radius 3 is 2.70 bits per heavy atom. The molecule has 1 atom stereocenters. The second-order valence-corrected chi connectivity index (χ2v) is 9.49. The Balaban J connectivity index is 1.68. The summed E-state index contributed by atoms with van der Waals surface area (Å²) in [5.41, 5.74) is 2.98. The van der Waals surface area contributed by atoms with E-state index in [1.807, 2.05) is 30.3 Å². The van der Waals surface area contributed by atoms with Crippen LogP contribution in [0.1, 0.15) is 28.4 Å². The summed E-state index contributed by atoms with van der Waals surface area (Å²) >= 11 is 1.46. The Hall–Kier alpha value is -3.57. The van der Waals surface area contributed by atoms with Gasteiger partial charge < -0.3 is 23.9 Å². The molecule has 0 fully saturated rings. The minimum Gasteiger partial charge on any atom is -0.494 e. The van der Waals surface area contributed by atoms with Gasteiger partial charge in [0.1, 0.15) is 6.10 Å². The van der Waals surface area contributed by atoms with Crippen LogP contribution in [0.4, 0.5) is 4.39 Å². The number of aromatic nitrogens is 2. The number of carbonyl (C=O) groups excluding carboxylic acids is 1. The zero-order valence-corrected chi connectivity index (χ0v) is 21.0. The summed E-state index contributed by atoms with van der Waals surface area (Å²) in [5, 5.41) is 11.0. The molecule has 1 unspecified atom stereocenters. The first-order chi connectivity index (χ1) is 18.0. The van der Waals surface area contributed by atoms with Crippen molar-refractivity contribution in [2.24, 2.45) is 0 Å². The number of hydrogen-bond acceptors (Lipinski definition) is 8. The van der Waals surface area contributed by atoms with Gasteiger partial charge in [0, 0.05) is 46.7 Å². The number of rotatable bonds is 9. The number of benzene rings is 2. The van der Waals surface area contributed by atoms with Crippen LogP contribution in [0.5, 0.6) is 5.75 Å². The minimum absolute atomic E-state index is 0.0599. The molecular formula is C27H24FN3O5S. The van der Waals surface area contributed by atoms with E-state index in [1.54, 1.807) is 16.7 Å². The van der Waals surface area contributed by atoms with Crippen molar-refractivity contribution in [1.82, 2.24) is 14.3 Å². The van der Waals surface area contributed by atoms with Gasteiger partial charge in [0.05, 0.1) is 37.2 Å². The lowest BCUT2D eigenvalue weighted by molar-refractivity contribution is -0.115. The fourth-order valence-corrected chi connectivity index (χ4v) is 5.31. The molecule has 10 heteroatoms.